The van der Waals surface area contributed by atoms with Crippen molar-refractivity contribution in [3.63, 3.8) is 0 Å². The van der Waals surface area contributed by atoms with E-state index in [1.807, 2.05) is 0 Å². The molecule has 0 aliphatic heterocycles. The van der Waals surface area contributed by atoms with Gasteiger partial charge in [-0.2, -0.15) is 0 Å². The van der Waals surface area contributed by atoms with E-state index in [0.717, 1.165) is 6.20 Å². The molecule has 0 atom stereocenters. The van der Waals surface area contributed by atoms with Crippen LogP contribution in [0.25, 0.3) is 0 Å². The number of alkyl halides is 2. The molecule has 6 heteroatoms. The van der Waals surface area contributed by atoms with Gasteiger partial charge in [0.2, 0.25) is 0 Å². The standard InChI is InChI=1S/C8H6F2INO2/c1-3-6(11)5(7(9)10)4(2-12-3)8(13)14/h2,7H,1H3,(H,13,14). The lowest BCUT2D eigenvalue weighted by Gasteiger charge is -2.08. The van der Waals surface area contributed by atoms with E-state index >= 15 is 0 Å². The number of hydrogen-bond acceptors (Lipinski definition) is 2. The summed E-state index contributed by atoms with van der Waals surface area (Å²) in [5.41, 5.74) is -0.480. The fourth-order valence-electron chi connectivity index (χ4n) is 0.984. The minimum Gasteiger partial charge on any atom is -0.478 e. The molecule has 14 heavy (non-hydrogen) atoms. The van der Waals surface area contributed by atoms with Crippen LogP contribution in [0.1, 0.15) is 28.0 Å². The van der Waals surface area contributed by atoms with Gasteiger partial charge in [-0.1, -0.05) is 0 Å². The number of aryl methyl sites for hydroxylation is 1. The van der Waals surface area contributed by atoms with Gasteiger partial charge in [0.05, 0.1) is 11.3 Å². The van der Waals surface area contributed by atoms with Gasteiger partial charge >= 0.3 is 5.97 Å². The Hall–Kier alpha value is -0.790. The van der Waals surface area contributed by atoms with Crippen LogP contribution in [-0.4, -0.2) is 16.1 Å². The lowest BCUT2D eigenvalue weighted by molar-refractivity contribution is 0.0683. The third-order valence-electron chi connectivity index (χ3n) is 1.68. The first-order chi connectivity index (χ1) is 6.45. The highest BCUT2D eigenvalue weighted by Gasteiger charge is 2.22. The molecule has 0 aromatic carbocycles. The molecule has 3 nitrogen and oxygen atoms in total. The zero-order valence-electron chi connectivity index (χ0n) is 7.09. The molecule has 76 valence electrons. The lowest BCUT2D eigenvalue weighted by Crippen LogP contribution is -2.07. The molecule has 0 saturated heterocycles. The highest BCUT2D eigenvalue weighted by Crippen LogP contribution is 2.28. The number of aromatic nitrogens is 1. The van der Waals surface area contributed by atoms with Crippen molar-refractivity contribution in [1.82, 2.24) is 4.98 Å². The molecule has 1 aromatic heterocycles. The van der Waals surface area contributed by atoms with Gasteiger partial charge < -0.3 is 5.11 Å². The monoisotopic (exact) mass is 313 g/mol. The number of rotatable bonds is 2. The summed E-state index contributed by atoms with van der Waals surface area (Å²) in [7, 11) is 0. The van der Waals surface area contributed by atoms with Crippen LogP contribution in [0.3, 0.4) is 0 Å². The summed E-state index contributed by atoms with van der Waals surface area (Å²) >= 11 is 1.67. The van der Waals surface area contributed by atoms with Crippen molar-refractivity contribution >= 4 is 28.6 Å². The summed E-state index contributed by atoms with van der Waals surface area (Å²) in [6, 6.07) is 0. The molecule has 0 spiro atoms. The van der Waals surface area contributed by atoms with Crippen LogP contribution in [0, 0.1) is 10.5 Å². The molecule has 0 aliphatic rings. The molecule has 1 heterocycles. The molecule has 0 unspecified atom stereocenters. The molecule has 0 bridgehead atoms. The van der Waals surface area contributed by atoms with Crippen molar-refractivity contribution in [2.45, 2.75) is 13.3 Å². The smallest absolute Gasteiger partial charge is 0.337 e. The van der Waals surface area contributed by atoms with E-state index in [1.165, 1.54) is 0 Å². The average molecular weight is 313 g/mol. The van der Waals surface area contributed by atoms with Crippen molar-refractivity contribution in [1.29, 1.82) is 0 Å². The summed E-state index contributed by atoms with van der Waals surface area (Å²) in [4.78, 5) is 14.3. The summed E-state index contributed by atoms with van der Waals surface area (Å²) in [5.74, 6) is -1.38. The maximum Gasteiger partial charge on any atom is 0.337 e. The number of nitrogens with zero attached hydrogens (tertiary/aromatic N) is 1. The Balaban J connectivity index is 3.45. The predicted octanol–water partition coefficient (Wildman–Crippen LogP) is 2.63. The maximum absolute atomic E-state index is 12.5. The first-order valence-corrected chi connectivity index (χ1v) is 4.69. The minimum absolute atomic E-state index is 0.206. The van der Waals surface area contributed by atoms with Gasteiger partial charge in [-0.25, -0.2) is 13.6 Å². The second-order valence-corrected chi connectivity index (χ2v) is 3.67. The van der Waals surface area contributed by atoms with Gasteiger partial charge in [-0.05, 0) is 29.5 Å². The number of halogens is 3. The van der Waals surface area contributed by atoms with Crippen molar-refractivity contribution in [2.75, 3.05) is 0 Å². The van der Waals surface area contributed by atoms with Gasteiger partial charge in [0.15, 0.2) is 0 Å². The summed E-state index contributed by atoms with van der Waals surface area (Å²) in [6.45, 7) is 1.55. The van der Waals surface area contributed by atoms with Crippen LogP contribution < -0.4 is 0 Å². The highest BCUT2D eigenvalue weighted by molar-refractivity contribution is 14.1. The Morgan fingerprint density at radius 1 is 1.64 bits per heavy atom. The summed E-state index contributed by atoms with van der Waals surface area (Å²) < 4.78 is 25.3. The maximum atomic E-state index is 12.5. The Labute approximate surface area is 92.3 Å². The predicted molar refractivity (Wildman–Crippen MR) is 53.6 cm³/mol. The average Bonchev–Trinajstić information content (AvgIpc) is 2.08. The first kappa shape index (κ1) is 11.3. The largest absolute Gasteiger partial charge is 0.478 e. The number of hydrogen-bond donors (Lipinski definition) is 1. The molecule has 1 aromatic rings. The molecular formula is C8H6F2INO2. The summed E-state index contributed by atoms with van der Waals surface area (Å²) in [6.07, 6.45) is -1.84. The van der Waals surface area contributed by atoms with Crippen LogP contribution in [-0.2, 0) is 0 Å². The zero-order valence-corrected chi connectivity index (χ0v) is 9.25. The second kappa shape index (κ2) is 4.16. The Morgan fingerprint density at radius 2 is 2.21 bits per heavy atom. The molecule has 0 amide bonds. The number of aromatic carboxylic acids is 1. The third-order valence-corrected chi connectivity index (χ3v) is 3.04. The van der Waals surface area contributed by atoms with Crippen molar-refractivity contribution in [2.24, 2.45) is 0 Å². The van der Waals surface area contributed by atoms with E-state index in [1.54, 1.807) is 29.5 Å². The fourth-order valence-corrected chi connectivity index (χ4v) is 1.65. The Kier molecular flexibility index (Phi) is 3.35. The van der Waals surface area contributed by atoms with Gasteiger partial charge in [0, 0.05) is 15.3 Å². The van der Waals surface area contributed by atoms with Crippen LogP contribution >= 0.6 is 22.6 Å². The number of carboxylic acid groups (broad SMARTS) is 1. The van der Waals surface area contributed by atoms with Gasteiger partial charge in [-0.3, -0.25) is 4.98 Å². The SMILES string of the molecule is Cc1ncc(C(=O)O)c(C(F)F)c1I. The van der Waals surface area contributed by atoms with Gasteiger partial charge in [-0.15, -0.1) is 0 Å². The molecule has 0 saturated carbocycles. The van der Waals surface area contributed by atoms with Crippen molar-refractivity contribution in [3.8, 4) is 0 Å². The second-order valence-electron chi connectivity index (χ2n) is 2.59. The van der Waals surface area contributed by atoms with Crippen molar-refractivity contribution in [3.05, 3.63) is 26.6 Å². The highest BCUT2D eigenvalue weighted by atomic mass is 127. The molecular weight excluding hydrogens is 307 g/mol. The van der Waals surface area contributed by atoms with E-state index in [-0.39, 0.29) is 3.57 Å². The normalized spacial score (nSPS) is 10.6. The van der Waals surface area contributed by atoms with Crippen LogP contribution in [0.5, 0.6) is 0 Å². The molecule has 0 aliphatic carbocycles. The van der Waals surface area contributed by atoms with Crippen molar-refractivity contribution < 1.29 is 18.7 Å². The lowest BCUT2D eigenvalue weighted by atomic mass is 10.1. The minimum atomic E-state index is -2.80. The number of carboxylic acids is 1. The van der Waals surface area contributed by atoms with Crippen LogP contribution in [0.15, 0.2) is 6.20 Å². The Morgan fingerprint density at radius 3 is 2.64 bits per heavy atom. The van der Waals surface area contributed by atoms with E-state index in [9.17, 15) is 13.6 Å². The molecule has 0 radical (unpaired) electrons. The van der Waals surface area contributed by atoms with Gasteiger partial charge in [0.25, 0.3) is 6.43 Å². The zero-order chi connectivity index (χ0) is 10.9. The van der Waals surface area contributed by atoms with Gasteiger partial charge in [0.1, 0.15) is 0 Å². The van der Waals surface area contributed by atoms with E-state index in [2.05, 4.69) is 4.98 Å². The Bertz CT molecular complexity index is 382. The summed E-state index contributed by atoms with van der Waals surface area (Å²) in [5, 5.41) is 8.65. The van der Waals surface area contributed by atoms with E-state index in [0.29, 0.717) is 5.69 Å². The van der Waals surface area contributed by atoms with E-state index < -0.39 is 23.5 Å². The molecule has 1 rings (SSSR count). The van der Waals surface area contributed by atoms with Crippen LogP contribution in [0.2, 0.25) is 0 Å². The quantitative estimate of drug-likeness (QED) is 0.854. The number of pyridine rings is 1. The fraction of sp³-hybridized carbons (Fsp3) is 0.250. The molecule has 0 fully saturated rings. The van der Waals surface area contributed by atoms with E-state index in [4.69, 9.17) is 5.11 Å². The third kappa shape index (κ3) is 1.99. The topological polar surface area (TPSA) is 50.2 Å². The molecule has 1 N–H and O–H groups in total. The van der Waals surface area contributed by atoms with Crippen LogP contribution in [0.4, 0.5) is 8.78 Å². The number of carbonyl (C=O) groups is 1. The first-order valence-electron chi connectivity index (χ1n) is 3.61.